The van der Waals surface area contributed by atoms with Crippen LogP contribution in [0.1, 0.15) is 62.5 Å². The van der Waals surface area contributed by atoms with Crippen LogP contribution in [-0.2, 0) is 4.74 Å². The number of para-hydroxylation sites is 1. The van der Waals surface area contributed by atoms with Crippen LogP contribution >= 0.6 is 0 Å². The first-order chi connectivity index (χ1) is 14.0. The van der Waals surface area contributed by atoms with Gasteiger partial charge in [-0.1, -0.05) is 18.2 Å². The fourth-order valence-electron chi connectivity index (χ4n) is 4.53. The number of aliphatic hydroxyl groups is 1. The summed E-state index contributed by atoms with van der Waals surface area (Å²) in [5, 5.41) is 22.9. The van der Waals surface area contributed by atoms with E-state index in [-0.39, 0.29) is 24.0 Å². The predicted molar refractivity (Wildman–Crippen MR) is 112 cm³/mol. The molecule has 7 heteroatoms. The Balaban J connectivity index is 1.36. The van der Waals surface area contributed by atoms with Crippen molar-refractivity contribution >= 4 is 16.8 Å². The third kappa shape index (κ3) is 4.47. The van der Waals surface area contributed by atoms with Gasteiger partial charge in [-0.15, -0.1) is 0 Å². The average Bonchev–Trinajstić information content (AvgIpc) is 3.10. The van der Waals surface area contributed by atoms with Gasteiger partial charge in [0, 0.05) is 43.3 Å². The molecular weight excluding hydrogens is 368 g/mol. The number of nitrogens with zero attached hydrogens (tertiary/aromatic N) is 2. The number of nitrogens with one attached hydrogen (secondary N) is 2. The Labute approximate surface area is 171 Å². The standard InChI is InChI=1S/C22H32N4O3/c1-15(2)26-19-6-4-3-5-18(19)20(25-26)21(27)24-17-8-7-16(23-14-17)13-22(28)9-11-29-12-10-22/h3-6,15-17,23,28H,7-14H2,1-2H3,(H,24,27)/t16-,17-/m1/s1. The second kappa shape index (κ2) is 8.42. The number of hydrogen-bond acceptors (Lipinski definition) is 5. The van der Waals surface area contributed by atoms with Crippen molar-refractivity contribution in [3.63, 3.8) is 0 Å². The van der Waals surface area contributed by atoms with Gasteiger partial charge in [-0.3, -0.25) is 9.48 Å². The molecule has 158 valence electrons. The van der Waals surface area contributed by atoms with Crippen LogP contribution in [0.25, 0.3) is 10.9 Å². The number of benzene rings is 1. The van der Waals surface area contributed by atoms with Crippen LogP contribution in [0.15, 0.2) is 24.3 Å². The second-order valence-corrected chi connectivity index (χ2v) is 8.80. The van der Waals surface area contributed by atoms with Crippen molar-refractivity contribution in [2.24, 2.45) is 0 Å². The Bertz CT molecular complexity index is 849. The van der Waals surface area contributed by atoms with Crippen molar-refractivity contribution < 1.29 is 14.6 Å². The third-order valence-corrected chi connectivity index (χ3v) is 6.22. The van der Waals surface area contributed by atoms with E-state index in [1.54, 1.807) is 0 Å². The summed E-state index contributed by atoms with van der Waals surface area (Å²) in [6.07, 6.45) is 4.00. The summed E-state index contributed by atoms with van der Waals surface area (Å²) >= 11 is 0. The van der Waals surface area contributed by atoms with Gasteiger partial charge in [0.25, 0.3) is 5.91 Å². The fourth-order valence-corrected chi connectivity index (χ4v) is 4.53. The molecule has 0 aliphatic carbocycles. The molecule has 2 aromatic rings. The van der Waals surface area contributed by atoms with Crippen LogP contribution in [0.2, 0.25) is 0 Å². The molecule has 2 aliphatic rings. The molecule has 1 amide bonds. The molecule has 1 aromatic heterocycles. The number of carbonyl (C=O) groups is 1. The Morgan fingerprint density at radius 2 is 2.10 bits per heavy atom. The van der Waals surface area contributed by atoms with E-state index in [1.807, 2.05) is 28.9 Å². The molecular formula is C22H32N4O3. The average molecular weight is 401 g/mol. The van der Waals surface area contributed by atoms with Crippen LogP contribution in [-0.4, -0.2) is 58.2 Å². The number of carbonyl (C=O) groups excluding carboxylic acids is 1. The molecule has 0 bridgehead atoms. The Morgan fingerprint density at radius 3 is 2.79 bits per heavy atom. The number of piperidine rings is 1. The van der Waals surface area contributed by atoms with Crippen molar-refractivity contribution in [2.45, 2.75) is 69.7 Å². The number of aromatic nitrogens is 2. The Morgan fingerprint density at radius 1 is 1.34 bits per heavy atom. The first-order valence-corrected chi connectivity index (χ1v) is 10.8. The monoisotopic (exact) mass is 400 g/mol. The molecule has 3 N–H and O–H groups in total. The molecule has 29 heavy (non-hydrogen) atoms. The number of ether oxygens (including phenoxy) is 1. The summed E-state index contributed by atoms with van der Waals surface area (Å²) in [6, 6.07) is 8.43. The fraction of sp³-hybridized carbons (Fsp3) is 0.636. The highest BCUT2D eigenvalue weighted by Crippen LogP contribution is 2.28. The van der Waals surface area contributed by atoms with E-state index in [4.69, 9.17) is 4.74 Å². The molecule has 2 fully saturated rings. The number of rotatable bonds is 5. The maximum absolute atomic E-state index is 12.9. The molecule has 0 saturated carbocycles. The van der Waals surface area contributed by atoms with Gasteiger partial charge in [0.2, 0.25) is 0 Å². The summed E-state index contributed by atoms with van der Waals surface area (Å²) in [7, 11) is 0. The van der Waals surface area contributed by atoms with Crippen molar-refractivity contribution in [3.05, 3.63) is 30.0 Å². The second-order valence-electron chi connectivity index (χ2n) is 8.80. The highest BCUT2D eigenvalue weighted by Gasteiger charge is 2.34. The predicted octanol–water partition coefficient (Wildman–Crippen LogP) is 2.40. The quantitative estimate of drug-likeness (QED) is 0.717. The minimum Gasteiger partial charge on any atom is -0.390 e. The Kier molecular flexibility index (Phi) is 5.90. The molecule has 0 spiro atoms. The van der Waals surface area contributed by atoms with Crippen LogP contribution in [0.5, 0.6) is 0 Å². The lowest BCUT2D eigenvalue weighted by Gasteiger charge is -2.38. The third-order valence-electron chi connectivity index (χ3n) is 6.22. The zero-order chi connectivity index (χ0) is 20.4. The SMILES string of the molecule is CC(C)n1nc(C(=O)N[C@@H]2CC[C@H](CC3(O)CCOCC3)NC2)c2ccccc21. The minimum atomic E-state index is -0.616. The zero-order valence-corrected chi connectivity index (χ0v) is 17.4. The zero-order valence-electron chi connectivity index (χ0n) is 17.4. The molecule has 3 heterocycles. The molecule has 2 saturated heterocycles. The Hall–Kier alpha value is -1.96. The largest absolute Gasteiger partial charge is 0.390 e. The van der Waals surface area contributed by atoms with E-state index in [0.29, 0.717) is 38.3 Å². The van der Waals surface area contributed by atoms with E-state index < -0.39 is 5.60 Å². The van der Waals surface area contributed by atoms with Crippen molar-refractivity contribution in [1.29, 1.82) is 0 Å². The number of amides is 1. The smallest absolute Gasteiger partial charge is 0.272 e. The van der Waals surface area contributed by atoms with Gasteiger partial charge in [-0.05, 0) is 52.0 Å². The topological polar surface area (TPSA) is 88.4 Å². The first-order valence-electron chi connectivity index (χ1n) is 10.8. The van der Waals surface area contributed by atoms with Crippen molar-refractivity contribution in [3.8, 4) is 0 Å². The lowest BCUT2D eigenvalue weighted by atomic mass is 9.84. The van der Waals surface area contributed by atoms with Crippen molar-refractivity contribution in [1.82, 2.24) is 20.4 Å². The van der Waals surface area contributed by atoms with Gasteiger partial charge in [-0.2, -0.15) is 5.10 Å². The van der Waals surface area contributed by atoms with Crippen LogP contribution in [0.3, 0.4) is 0 Å². The summed E-state index contributed by atoms with van der Waals surface area (Å²) < 4.78 is 7.28. The van der Waals surface area contributed by atoms with Gasteiger partial charge in [0.15, 0.2) is 5.69 Å². The molecule has 2 atom stereocenters. The van der Waals surface area contributed by atoms with Gasteiger partial charge < -0.3 is 20.5 Å². The number of fused-ring (bicyclic) bond motifs is 1. The van der Waals surface area contributed by atoms with Crippen LogP contribution in [0, 0.1) is 0 Å². The van der Waals surface area contributed by atoms with Gasteiger partial charge in [0.05, 0.1) is 11.1 Å². The molecule has 7 nitrogen and oxygen atoms in total. The molecule has 2 aliphatic heterocycles. The van der Waals surface area contributed by atoms with Gasteiger partial charge in [0.1, 0.15) is 0 Å². The van der Waals surface area contributed by atoms with Gasteiger partial charge in [-0.25, -0.2) is 0 Å². The number of hydrogen-bond donors (Lipinski definition) is 3. The minimum absolute atomic E-state index is 0.0750. The summed E-state index contributed by atoms with van der Waals surface area (Å²) in [6.45, 7) is 6.13. The van der Waals surface area contributed by atoms with E-state index >= 15 is 0 Å². The van der Waals surface area contributed by atoms with Crippen molar-refractivity contribution in [2.75, 3.05) is 19.8 Å². The van der Waals surface area contributed by atoms with E-state index in [1.165, 1.54) is 0 Å². The van der Waals surface area contributed by atoms with E-state index in [0.717, 1.165) is 30.2 Å². The highest BCUT2D eigenvalue weighted by molar-refractivity contribution is 6.05. The normalized spacial score (nSPS) is 24.7. The molecule has 0 unspecified atom stereocenters. The summed E-state index contributed by atoms with van der Waals surface area (Å²) in [5.74, 6) is -0.117. The van der Waals surface area contributed by atoms with E-state index in [2.05, 4.69) is 29.6 Å². The molecule has 4 rings (SSSR count). The van der Waals surface area contributed by atoms with Gasteiger partial charge >= 0.3 is 0 Å². The highest BCUT2D eigenvalue weighted by atomic mass is 16.5. The summed E-state index contributed by atoms with van der Waals surface area (Å²) in [5.41, 5.74) is 0.862. The summed E-state index contributed by atoms with van der Waals surface area (Å²) in [4.78, 5) is 12.9. The van der Waals surface area contributed by atoms with Crippen LogP contribution in [0.4, 0.5) is 0 Å². The molecule has 0 radical (unpaired) electrons. The molecule has 1 aromatic carbocycles. The maximum Gasteiger partial charge on any atom is 0.272 e. The van der Waals surface area contributed by atoms with E-state index in [9.17, 15) is 9.90 Å². The lowest BCUT2D eigenvalue weighted by Crippen LogP contribution is -2.52. The van der Waals surface area contributed by atoms with Crippen LogP contribution < -0.4 is 10.6 Å². The first kappa shape index (κ1) is 20.3. The maximum atomic E-state index is 12.9. The lowest BCUT2D eigenvalue weighted by molar-refractivity contribution is -0.0742.